The maximum absolute atomic E-state index is 9.50. The molecule has 0 aliphatic carbocycles. The molecular weight excluding hydrogens is 258 g/mol. The smallest absolute Gasteiger partial charge is 0.120 e. The molecule has 1 rings (SSSR count). The monoisotopic (exact) mass is 273 g/mol. The third-order valence-corrected chi connectivity index (χ3v) is 2.90. The topological polar surface area (TPSA) is 32.7 Å². The van der Waals surface area contributed by atoms with Gasteiger partial charge in [0.05, 0.1) is 13.2 Å². The van der Waals surface area contributed by atoms with Gasteiger partial charge in [-0.1, -0.05) is 22.0 Å². The molecule has 4 heteroatoms. The molecule has 0 heterocycles. The summed E-state index contributed by atoms with van der Waals surface area (Å²) in [5, 5.41) is 10.1. The number of aliphatic hydroxyl groups is 1. The first-order chi connectivity index (χ1) is 7.17. The number of rotatable bonds is 5. The summed E-state index contributed by atoms with van der Waals surface area (Å²) in [6, 6.07) is 7.77. The number of anilines is 1. The van der Waals surface area contributed by atoms with Gasteiger partial charge >= 0.3 is 0 Å². The van der Waals surface area contributed by atoms with Gasteiger partial charge in [-0.25, -0.2) is 0 Å². The Balaban J connectivity index is 2.68. The van der Waals surface area contributed by atoms with Crippen LogP contribution in [0.1, 0.15) is 0 Å². The van der Waals surface area contributed by atoms with E-state index < -0.39 is 0 Å². The zero-order valence-corrected chi connectivity index (χ0v) is 10.6. The molecule has 0 radical (unpaired) electrons. The number of hydrogen-bond acceptors (Lipinski definition) is 3. The number of halogens is 1. The van der Waals surface area contributed by atoms with E-state index in [-0.39, 0.29) is 6.10 Å². The van der Waals surface area contributed by atoms with Crippen LogP contribution in [0.5, 0.6) is 5.75 Å². The maximum atomic E-state index is 9.50. The number of hydrogen-bond donors (Lipinski definition) is 1. The van der Waals surface area contributed by atoms with Crippen molar-refractivity contribution in [3.8, 4) is 5.75 Å². The van der Waals surface area contributed by atoms with E-state index in [1.165, 1.54) is 0 Å². The van der Waals surface area contributed by atoms with Crippen LogP contribution in [0.3, 0.4) is 0 Å². The summed E-state index contributed by atoms with van der Waals surface area (Å²) in [5.74, 6) is 0.827. The van der Waals surface area contributed by atoms with Crippen molar-refractivity contribution in [2.45, 2.75) is 6.10 Å². The minimum Gasteiger partial charge on any atom is -0.497 e. The van der Waals surface area contributed by atoms with Crippen LogP contribution in [0.25, 0.3) is 0 Å². The summed E-state index contributed by atoms with van der Waals surface area (Å²) >= 11 is 3.24. The van der Waals surface area contributed by atoms with Gasteiger partial charge in [0.1, 0.15) is 5.75 Å². The van der Waals surface area contributed by atoms with Crippen molar-refractivity contribution in [3.63, 3.8) is 0 Å². The predicted molar refractivity (Wildman–Crippen MR) is 66.1 cm³/mol. The van der Waals surface area contributed by atoms with Gasteiger partial charge in [-0.05, 0) is 12.1 Å². The highest BCUT2D eigenvalue weighted by molar-refractivity contribution is 9.09. The molecule has 3 nitrogen and oxygen atoms in total. The highest BCUT2D eigenvalue weighted by atomic mass is 79.9. The van der Waals surface area contributed by atoms with Gasteiger partial charge in [0.25, 0.3) is 0 Å². The van der Waals surface area contributed by atoms with E-state index in [1.54, 1.807) is 7.11 Å². The molecule has 1 unspecified atom stereocenters. The summed E-state index contributed by atoms with van der Waals surface area (Å²) in [4.78, 5) is 1.99. The van der Waals surface area contributed by atoms with Crippen molar-refractivity contribution in [3.05, 3.63) is 24.3 Å². The summed E-state index contributed by atoms with van der Waals surface area (Å²) in [6.07, 6.45) is -0.360. The van der Waals surface area contributed by atoms with Crippen LogP contribution in [0.4, 0.5) is 5.69 Å². The molecule has 1 atom stereocenters. The molecule has 1 aromatic carbocycles. The fraction of sp³-hybridized carbons (Fsp3) is 0.455. The van der Waals surface area contributed by atoms with Crippen LogP contribution in [-0.4, -0.2) is 37.2 Å². The number of alkyl halides is 1. The third-order valence-electron chi connectivity index (χ3n) is 2.16. The number of likely N-dealkylation sites (N-methyl/N-ethyl adjacent to an activating group) is 1. The van der Waals surface area contributed by atoms with Crippen molar-refractivity contribution in [1.29, 1.82) is 0 Å². The van der Waals surface area contributed by atoms with Crippen molar-refractivity contribution in [2.24, 2.45) is 0 Å². The fourth-order valence-electron chi connectivity index (χ4n) is 1.32. The number of benzene rings is 1. The Bertz CT molecular complexity index is 306. The quantitative estimate of drug-likeness (QED) is 0.832. The van der Waals surface area contributed by atoms with Gasteiger partial charge < -0.3 is 14.7 Å². The van der Waals surface area contributed by atoms with Crippen LogP contribution in [0.2, 0.25) is 0 Å². The highest BCUT2D eigenvalue weighted by Crippen LogP contribution is 2.19. The first-order valence-corrected chi connectivity index (χ1v) is 5.88. The third kappa shape index (κ3) is 3.72. The number of aliphatic hydroxyl groups excluding tert-OH is 1. The highest BCUT2D eigenvalue weighted by Gasteiger charge is 2.07. The van der Waals surface area contributed by atoms with Crippen molar-refractivity contribution >= 4 is 21.6 Å². The fourth-order valence-corrected chi connectivity index (χ4v) is 1.52. The molecule has 1 N–H and O–H groups in total. The molecule has 0 fully saturated rings. The average Bonchev–Trinajstić information content (AvgIpc) is 2.28. The molecular formula is C11H16BrNO2. The molecule has 0 aliphatic heterocycles. The summed E-state index contributed by atoms with van der Waals surface area (Å²) in [7, 11) is 3.59. The zero-order valence-electron chi connectivity index (χ0n) is 8.98. The lowest BCUT2D eigenvalue weighted by molar-refractivity contribution is 0.207. The second kappa shape index (κ2) is 5.98. The van der Waals surface area contributed by atoms with Crippen molar-refractivity contribution < 1.29 is 9.84 Å². The maximum Gasteiger partial charge on any atom is 0.120 e. The normalized spacial score (nSPS) is 12.3. The molecule has 0 aromatic heterocycles. The van der Waals surface area contributed by atoms with Gasteiger partial charge in [-0.2, -0.15) is 0 Å². The van der Waals surface area contributed by atoms with Crippen molar-refractivity contribution in [2.75, 3.05) is 30.9 Å². The Kier molecular flexibility index (Phi) is 4.91. The van der Waals surface area contributed by atoms with Crippen LogP contribution >= 0.6 is 15.9 Å². The van der Waals surface area contributed by atoms with Crippen LogP contribution in [0, 0.1) is 0 Å². The lowest BCUT2D eigenvalue weighted by Gasteiger charge is -2.22. The van der Waals surface area contributed by atoms with E-state index in [0.717, 1.165) is 11.4 Å². The first-order valence-electron chi connectivity index (χ1n) is 4.76. The summed E-state index contributed by atoms with van der Waals surface area (Å²) in [6.45, 7) is 0.596. The van der Waals surface area contributed by atoms with Gasteiger partial charge in [0, 0.05) is 30.7 Å². The van der Waals surface area contributed by atoms with E-state index in [9.17, 15) is 5.11 Å². The van der Waals surface area contributed by atoms with E-state index in [0.29, 0.717) is 11.9 Å². The summed E-state index contributed by atoms with van der Waals surface area (Å²) in [5.41, 5.74) is 1.04. The lowest BCUT2D eigenvalue weighted by Crippen LogP contribution is -2.29. The number of nitrogens with zero attached hydrogens (tertiary/aromatic N) is 1. The SMILES string of the molecule is COc1cccc(N(C)CC(O)CBr)c1. The Labute approximate surface area is 98.8 Å². The van der Waals surface area contributed by atoms with Crippen LogP contribution in [-0.2, 0) is 0 Å². The molecule has 0 saturated heterocycles. The number of ether oxygens (including phenoxy) is 1. The predicted octanol–water partition coefficient (Wildman–Crippen LogP) is 1.89. The Morgan fingerprint density at radius 2 is 2.27 bits per heavy atom. The van der Waals surface area contributed by atoms with Crippen LogP contribution in [0.15, 0.2) is 24.3 Å². The van der Waals surface area contributed by atoms with E-state index in [1.807, 2.05) is 36.2 Å². The minimum absolute atomic E-state index is 0.360. The molecule has 15 heavy (non-hydrogen) atoms. The molecule has 0 saturated carbocycles. The molecule has 0 spiro atoms. The zero-order chi connectivity index (χ0) is 11.3. The van der Waals surface area contributed by atoms with Gasteiger partial charge in [0.15, 0.2) is 0 Å². The molecule has 0 bridgehead atoms. The average molecular weight is 274 g/mol. The van der Waals surface area contributed by atoms with Gasteiger partial charge in [-0.3, -0.25) is 0 Å². The Morgan fingerprint density at radius 1 is 1.53 bits per heavy atom. The van der Waals surface area contributed by atoms with Crippen molar-refractivity contribution in [1.82, 2.24) is 0 Å². The standard InChI is InChI=1S/C11H16BrNO2/c1-13(8-10(14)7-12)9-4-3-5-11(6-9)15-2/h3-6,10,14H,7-8H2,1-2H3. The second-order valence-corrected chi connectivity index (χ2v) is 4.04. The van der Waals surface area contributed by atoms with E-state index in [4.69, 9.17) is 4.74 Å². The van der Waals surface area contributed by atoms with E-state index in [2.05, 4.69) is 15.9 Å². The largest absolute Gasteiger partial charge is 0.497 e. The van der Waals surface area contributed by atoms with Gasteiger partial charge in [-0.15, -0.1) is 0 Å². The lowest BCUT2D eigenvalue weighted by atomic mass is 10.2. The second-order valence-electron chi connectivity index (χ2n) is 3.39. The minimum atomic E-state index is -0.360. The molecule has 1 aromatic rings. The first kappa shape index (κ1) is 12.3. The molecule has 84 valence electrons. The van der Waals surface area contributed by atoms with Crippen LogP contribution < -0.4 is 9.64 Å². The number of methoxy groups -OCH3 is 1. The summed E-state index contributed by atoms with van der Waals surface area (Å²) < 4.78 is 5.14. The van der Waals surface area contributed by atoms with E-state index >= 15 is 0 Å². The Morgan fingerprint density at radius 3 is 2.87 bits per heavy atom. The van der Waals surface area contributed by atoms with Gasteiger partial charge in [0.2, 0.25) is 0 Å². The molecule has 0 amide bonds. The molecule has 0 aliphatic rings. The Hall–Kier alpha value is -0.740.